The van der Waals surface area contributed by atoms with Gasteiger partial charge in [-0.25, -0.2) is 4.98 Å². The number of anilines is 1. The number of nitrogens with zero attached hydrogens (tertiary/aromatic N) is 1. The summed E-state index contributed by atoms with van der Waals surface area (Å²) in [4.78, 5) is 16.7. The van der Waals surface area contributed by atoms with Gasteiger partial charge in [-0.05, 0) is 37.6 Å². The fourth-order valence-corrected chi connectivity index (χ4v) is 3.05. The highest BCUT2D eigenvalue weighted by Crippen LogP contribution is 2.21. The van der Waals surface area contributed by atoms with Crippen LogP contribution in [0.2, 0.25) is 0 Å². The van der Waals surface area contributed by atoms with Crippen LogP contribution < -0.4 is 11.1 Å². The first-order valence-corrected chi connectivity index (χ1v) is 9.23. The van der Waals surface area contributed by atoms with E-state index in [9.17, 15) is 4.79 Å². The van der Waals surface area contributed by atoms with Crippen LogP contribution in [0.15, 0.2) is 23.6 Å². The van der Waals surface area contributed by atoms with Crippen LogP contribution in [-0.2, 0) is 22.5 Å². The van der Waals surface area contributed by atoms with Gasteiger partial charge in [0.2, 0.25) is 0 Å². The van der Waals surface area contributed by atoms with Crippen LogP contribution in [-0.4, -0.2) is 37.3 Å². The van der Waals surface area contributed by atoms with Crippen LogP contribution in [0.25, 0.3) is 0 Å². The molecule has 0 atom stereocenters. The summed E-state index contributed by atoms with van der Waals surface area (Å²) >= 11 is 1.45. The van der Waals surface area contributed by atoms with E-state index in [1.54, 1.807) is 5.38 Å². The zero-order chi connectivity index (χ0) is 18.1. The molecule has 0 bridgehead atoms. The van der Waals surface area contributed by atoms with Crippen LogP contribution in [0.4, 0.5) is 5.69 Å². The quantitative estimate of drug-likeness (QED) is 0.599. The molecule has 0 spiro atoms. The Labute approximate surface area is 164 Å². The first-order chi connectivity index (χ1) is 12.2. The second-order valence-electron chi connectivity index (χ2n) is 5.46. The van der Waals surface area contributed by atoms with Gasteiger partial charge in [-0.15, -0.1) is 23.7 Å². The number of benzene rings is 1. The Bertz CT molecular complexity index is 694. The molecule has 2 rings (SSSR count). The molecule has 3 N–H and O–H groups in total. The van der Waals surface area contributed by atoms with Crippen molar-refractivity contribution in [3.63, 3.8) is 0 Å². The van der Waals surface area contributed by atoms with Crippen molar-refractivity contribution in [2.75, 3.05) is 31.7 Å². The molecular weight excluding hydrogens is 374 g/mol. The normalized spacial score (nSPS) is 10.4. The monoisotopic (exact) mass is 399 g/mol. The molecule has 0 saturated carbocycles. The van der Waals surface area contributed by atoms with Gasteiger partial charge in [0, 0.05) is 24.1 Å². The summed E-state index contributed by atoms with van der Waals surface area (Å²) in [6.45, 7) is 6.76. The molecular formula is C18H26ClN3O3S. The number of carbonyl (C=O) groups is 1. The van der Waals surface area contributed by atoms with Crippen molar-refractivity contribution < 1.29 is 14.3 Å². The highest BCUT2D eigenvalue weighted by Gasteiger charge is 2.13. The first kappa shape index (κ1) is 22.5. The molecule has 144 valence electrons. The lowest BCUT2D eigenvalue weighted by molar-refractivity contribution is 0.0451. The Morgan fingerprint density at radius 1 is 1.31 bits per heavy atom. The van der Waals surface area contributed by atoms with E-state index >= 15 is 0 Å². The minimum absolute atomic E-state index is 0. The van der Waals surface area contributed by atoms with Crippen LogP contribution >= 0.6 is 23.7 Å². The van der Waals surface area contributed by atoms with Crippen molar-refractivity contribution in [1.82, 2.24) is 4.98 Å². The SMILES string of the molecule is CCOCCOCc1cccc(NC(=O)c2csc(CCN)n2)c1C.Cl. The third-order valence-corrected chi connectivity index (χ3v) is 4.58. The second-order valence-corrected chi connectivity index (χ2v) is 6.40. The van der Waals surface area contributed by atoms with E-state index in [4.69, 9.17) is 15.2 Å². The standard InChI is InChI=1S/C18H25N3O3S.ClH/c1-3-23-9-10-24-11-14-5-4-6-15(13(14)2)21-18(22)16-12-25-17(20-16)7-8-19;/h4-6,12H,3,7-11,19H2,1-2H3,(H,21,22);1H. The van der Waals surface area contributed by atoms with Crippen molar-refractivity contribution in [3.05, 3.63) is 45.4 Å². The number of ether oxygens (including phenoxy) is 2. The zero-order valence-electron chi connectivity index (χ0n) is 15.1. The Kier molecular flexibility index (Phi) is 10.4. The fourth-order valence-electron chi connectivity index (χ4n) is 2.26. The van der Waals surface area contributed by atoms with E-state index in [0.717, 1.165) is 21.8 Å². The summed E-state index contributed by atoms with van der Waals surface area (Å²) in [5.41, 5.74) is 8.74. The number of hydrogen-bond acceptors (Lipinski definition) is 6. The van der Waals surface area contributed by atoms with Crippen LogP contribution in [0.3, 0.4) is 0 Å². The molecule has 2 aromatic rings. The molecule has 1 heterocycles. The number of thiazole rings is 1. The number of amides is 1. The minimum Gasteiger partial charge on any atom is -0.379 e. The van der Waals surface area contributed by atoms with Gasteiger partial charge in [-0.1, -0.05) is 12.1 Å². The maximum absolute atomic E-state index is 12.4. The van der Waals surface area contributed by atoms with E-state index in [1.807, 2.05) is 32.0 Å². The molecule has 8 heteroatoms. The highest BCUT2D eigenvalue weighted by atomic mass is 35.5. The fraction of sp³-hybridized carbons (Fsp3) is 0.444. The third-order valence-electron chi connectivity index (χ3n) is 3.67. The Hall–Kier alpha value is -1.51. The molecule has 0 fully saturated rings. The third kappa shape index (κ3) is 6.66. The summed E-state index contributed by atoms with van der Waals surface area (Å²) in [7, 11) is 0. The molecule has 0 radical (unpaired) electrons. The summed E-state index contributed by atoms with van der Waals surface area (Å²) < 4.78 is 10.9. The summed E-state index contributed by atoms with van der Waals surface area (Å²) in [6.07, 6.45) is 0.686. The molecule has 0 aliphatic rings. The van der Waals surface area contributed by atoms with Gasteiger partial charge in [0.15, 0.2) is 0 Å². The molecule has 0 aliphatic heterocycles. The number of hydrogen-bond donors (Lipinski definition) is 2. The van der Waals surface area contributed by atoms with Crippen molar-refractivity contribution in [3.8, 4) is 0 Å². The van der Waals surface area contributed by atoms with Crippen LogP contribution in [0.5, 0.6) is 0 Å². The van der Waals surface area contributed by atoms with E-state index in [0.29, 0.717) is 45.1 Å². The molecule has 0 saturated heterocycles. The summed E-state index contributed by atoms with van der Waals surface area (Å²) in [6, 6.07) is 5.78. The number of rotatable bonds is 10. The Morgan fingerprint density at radius 2 is 2.08 bits per heavy atom. The van der Waals surface area contributed by atoms with E-state index in [1.165, 1.54) is 11.3 Å². The average molecular weight is 400 g/mol. The zero-order valence-corrected chi connectivity index (χ0v) is 16.8. The van der Waals surface area contributed by atoms with E-state index in [2.05, 4.69) is 10.3 Å². The average Bonchev–Trinajstić information content (AvgIpc) is 3.07. The van der Waals surface area contributed by atoms with Crippen molar-refractivity contribution in [2.45, 2.75) is 26.9 Å². The van der Waals surface area contributed by atoms with Crippen LogP contribution in [0, 0.1) is 6.92 Å². The molecule has 0 unspecified atom stereocenters. The molecule has 1 amide bonds. The summed E-state index contributed by atoms with van der Waals surface area (Å²) in [5, 5.41) is 5.56. The van der Waals surface area contributed by atoms with Gasteiger partial charge >= 0.3 is 0 Å². The topological polar surface area (TPSA) is 86.5 Å². The maximum atomic E-state index is 12.4. The molecule has 1 aromatic heterocycles. The molecule has 0 aliphatic carbocycles. The van der Waals surface area contributed by atoms with Gasteiger partial charge in [0.1, 0.15) is 5.69 Å². The Morgan fingerprint density at radius 3 is 2.81 bits per heavy atom. The lowest BCUT2D eigenvalue weighted by Crippen LogP contribution is -2.14. The second kappa shape index (κ2) is 12.0. The van der Waals surface area contributed by atoms with Gasteiger partial charge < -0.3 is 20.5 Å². The van der Waals surface area contributed by atoms with E-state index in [-0.39, 0.29) is 18.3 Å². The van der Waals surface area contributed by atoms with E-state index < -0.39 is 0 Å². The van der Waals surface area contributed by atoms with Gasteiger partial charge in [-0.3, -0.25) is 4.79 Å². The van der Waals surface area contributed by atoms with Gasteiger partial charge in [0.05, 0.1) is 24.8 Å². The first-order valence-electron chi connectivity index (χ1n) is 8.35. The van der Waals surface area contributed by atoms with Crippen molar-refractivity contribution >= 4 is 35.3 Å². The lowest BCUT2D eigenvalue weighted by atomic mass is 10.1. The smallest absolute Gasteiger partial charge is 0.275 e. The van der Waals surface area contributed by atoms with Crippen molar-refractivity contribution in [2.24, 2.45) is 5.73 Å². The predicted molar refractivity (Wildman–Crippen MR) is 107 cm³/mol. The number of halogens is 1. The lowest BCUT2D eigenvalue weighted by Gasteiger charge is -2.12. The maximum Gasteiger partial charge on any atom is 0.275 e. The molecule has 6 nitrogen and oxygen atoms in total. The number of carbonyl (C=O) groups excluding carboxylic acids is 1. The predicted octanol–water partition coefficient (Wildman–Crippen LogP) is 3.18. The largest absolute Gasteiger partial charge is 0.379 e. The number of nitrogens with two attached hydrogens (primary N) is 1. The molecule has 26 heavy (non-hydrogen) atoms. The molecule has 1 aromatic carbocycles. The number of aromatic nitrogens is 1. The van der Waals surface area contributed by atoms with Crippen LogP contribution in [0.1, 0.15) is 33.5 Å². The van der Waals surface area contributed by atoms with Gasteiger partial charge in [-0.2, -0.15) is 0 Å². The highest BCUT2D eigenvalue weighted by molar-refractivity contribution is 7.09. The number of nitrogens with one attached hydrogen (secondary N) is 1. The summed E-state index contributed by atoms with van der Waals surface area (Å²) in [5.74, 6) is -0.211. The Balaban J connectivity index is 0.00000338. The minimum atomic E-state index is -0.211. The van der Waals surface area contributed by atoms with Gasteiger partial charge in [0.25, 0.3) is 5.91 Å². The van der Waals surface area contributed by atoms with Crippen molar-refractivity contribution in [1.29, 1.82) is 0 Å².